The fourth-order valence-electron chi connectivity index (χ4n) is 4.12. The lowest BCUT2D eigenvalue weighted by Gasteiger charge is -2.38. The molecule has 148 valence electrons. The number of hydrogen-bond donors (Lipinski definition) is 0. The first kappa shape index (κ1) is 18.4. The highest BCUT2D eigenvalue weighted by Gasteiger charge is 2.42. The van der Waals surface area contributed by atoms with E-state index in [1.54, 1.807) is 0 Å². The number of para-hydroxylation sites is 2. The van der Waals surface area contributed by atoms with Crippen molar-refractivity contribution >= 4 is 6.09 Å². The number of amides is 1. The summed E-state index contributed by atoms with van der Waals surface area (Å²) >= 11 is 0. The molecule has 0 bridgehead atoms. The third kappa shape index (κ3) is 4.00. The summed E-state index contributed by atoms with van der Waals surface area (Å²) in [4.78, 5) is 16.7. The van der Waals surface area contributed by atoms with Gasteiger partial charge in [0, 0.05) is 24.5 Å². The van der Waals surface area contributed by atoms with Gasteiger partial charge in [0.25, 0.3) is 0 Å². The Kier molecular flexibility index (Phi) is 4.93. The third-order valence-electron chi connectivity index (χ3n) is 5.76. The number of fused-ring (bicyclic) bond motifs is 1. The van der Waals surface area contributed by atoms with Gasteiger partial charge < -0.3 is 19.1 Å². The standard InChI is InChI=1S/C21H30N2O4/c1-21(2,3)19-13-23(20(24)27-19)15-7-6-10-22(11-15)12-16-14-25-17-8-4-5-9-18(17)26-16/h4-5,8-9,15-16,19H,6-7,10-14H2,1-3H3. The Labute approximate surface area is 161 Å². The van der Waals surface area contributed by atoms with Gasteiger partial charge in [-0.05, 0) is 31.5 Å². The van der Waals surface area contributed by atoms with Crippen molar-refractivity contribution in [2.24, 2.45) is 5.41 Å². The fraction of sp³-hybridized carbons (Fsp3) is 0.667. The summed E-state index contributed by atoms with van der Waals surface area (Å²) in [5, 5.41) is 0. The van der Waals surface area contributed by atoms with Crippen molar-refractivity contribution in [3.05, 3.63) is 24.3 Å². The number of carbonyl (C=O) groups is 1. The van der Waals surface area contributed by atoms with Crippen molar-refractivity contribution in [3.63, 3.8) is 0 Å². The predicted octanol–water partition coefficient (Wildman–Crippen LogP) is 3.16. The Balaban J connectivity index is 1.34. The molecule has 0 saturated carbocycles. The fourth-order valence-corrected chi connectivity index (χ4v) is 4.12. The van der Waals surface area contributed by atoms with Gasteiger partial charge in [-0.25, -0.2) is 4.79 Å². The Morgan fingerprint density at radius 1 is 1.11 bits per heavy atom. The van der Waals surface area contributed by atoms with E-state index in [0.29, 0.717) is 13.2 Å². The maximum Gasteiger partial charge on any atom is 0.410 e. The van der Waals surface area contributed by atoms with Gasteiger partial charge in [0.05, 0.1) is 6.54 Å². The molecule has 3 unspecified atom stereocenters. The molecule has 3 aliphatic rings. The molecule has 4 rings (SSSR count). The van der Waals surface area contributed by atoms with Crippen LogP contribution in [0.4, 0.5) is 4.79 Å². The van der Waals surface area contributed by atoms with E-state index in [9.17, 15) is 4.79 Å². The van der Waals surface area contributed by atoms with Gasteiger partial charge in [0.2, 0.25) is 0 Å². The second-order valence-electron chi connectivity index (χ2n) is 8.94. The van der Waals surface area contributed by atoms with Crippen LogP contribution in [0.25, 0.3) is 0 Å². The zero-order valence-corrected chi connectivity index (χ0v) is 16.5. The summed E-state index contributed by atoms with van der Waals surface area (Å²) < 4.78 is 17.6. The normalized spacial score (nSPS) is 28.9. The molecule has 2 saturated heterocycles. The number of nitrogens with zero attached hydrogens (tertiary/aromatic N) is 2. The Hall–Kier alpha value is -1.95. The molecular weight excluding hydrogens is 344 g/mol. The van der Waals surface area contributed by atoms with Crippen LogP contribution in [-0.4, -0.2) is 66.9 Å². The van der Waals surface area contributed by atoms with Crippen LogP contribution in [0, 0.1) is 5.41 Å². The Morgan fingerprint density at radius 2 is 1.89 bits per heavy atom. The molecule has 27 heavy (non-hydrogen) atoms. The molecule has 6 heteroatoms. The molecule has 6 nitrogen and oxygen atoms in total. The average molecular weight is 374 g/mol. The SMILES string of the molecule is CC(C)(C)C1CN(C2CCCN(CC3COc4ccccc4O3)C2)C(=O)O1. The van der Waals surface area contributed by atoms with Crippen LogP contribution in [0.2, 0.25) is 0 Å². The minimum atomic E-state index is -0.159. The topological polar surface area (TPSA) is 51.2 Å². The second kappa shape index (κ2) is 7.23. The number of cyclic esters (lactones) is 1. The van der Waals surface area contributed by atoms with Gasteiger partial charge in [0.1, 0.15) is 18.8 Å². The van der Waals surface area contributed by atoms with Crippen LogP contribution in [0.3, 0.4) is 0 Å². The number of rotatable bonds is 3. The largest absolute Gasteiger partial charge is 0.486 e. The highest BCUT2D eigenvalue weighted by molar-refractivity contribution is 5.70. The third-order valence-corrected chi connectivity index (χ3v) is 5.76. The van der Waals surface area contributed by atoms with Gasteiger partial charge in [0.15, 0.2) is 11.5 Å². The molecule has 1 aromatic rings. The molecule has 3 aliphatic heterocycles. The van der Waals surface area contributed by atoms with Gasteiger partial charge in [-0.15, -0.1) is 0 Å². The van der Waals surface area contributed by atoms with Crippen molar-refractivity contribution < 1.29 is 19.0 Å². The molecule has 0 N–H and O–H groups in total. The molecular formula is C21H30N2O4. The molecule has 0 spiro atoms. The van der Waals surface area contributed by atoms with Gasteiger partial charge in [-0.3, -0.25) is 4.90 Å². The monoisotopic (exact) mass is 374 g/mol. The van der Waals surface area contributed by atoms with Crippen LogP contribution in [0.1, 0.15) is 33.6 Å². The number of ether oxygens (including phenoxy) is 3. The zero-order valence-electron chi connectivity index (χ0n) is 16.5. The lowest BCUT2D eigenvalue weighted by atomic mass is 9.89. The minimum Gasteiger partial charge on any atom is -0.486 e. The Bertz CT molecular complexity index is 687. The lowest BCUT2D eigenvalue weighted by molar-refractivity contribution is 0.0394. The van der Waals surface area contributed by atoms with E-state index in [0.717, 1.165) is 44.0 Å². The maximum atomic E-state index is 12.4. The number of benzene rings is 1. The van der Waals surface area contributed by atoms with Crippen LogP contribution >= 0.6 is 0 Å². The van der Waals surface area contributed by atoms with E-state index in [-0.39, 0.29) is 29.8 Å². The molecule has 0 aromatic heterocycles. The van der Waals surface area contributed by atoms with Crippen molar-refractivity contribution in [2.75, 3.05) is 32.8 Å². The molecule has 1 aromatic carbocycles. The second-order valence-corrected chi connectivity index (χ2v) is 8.94. The molecule has 0 aliphatic carbocycles. The number of hydrogen-bond acceptors (Lipinski definition) is 5. The van der Waals surface area contributed by atoms with E-state index in [2.05, 4.69) is 25.7 Å². The molecule has 1 amide bonds. The van der Waals surface area contributed by atoms with E-state index in [4.69, 9.17) is 14.2 Å². The van der Waals surface area contributed by atoms with E-state index in [1.807, 2.05) is 29.2 Å². The minimum absolute atomic E-state index is 0.0199. The summed E-state index contributed by atoms with van der Waals surface area (Å²) in [5.41, 5.74) is -0.0283. The summed E-state index contributed by atoms with van der Waals surface area (Å²) in [6.07, 6.45) is 1.94. The van der Waals surface area contributed by atoms with Crippen LogP contribution < -0.4 is 9.47 Å². The highest BCUT2D eigenvalue weighted by atomic mass is 16.6. The van der Waals surface area contributed by atoms with Crippen molar-refractivity contribution in [1.82, 2.24) is 9.80 Å². The van der Waals surface area contributed by atoms with Gasteiger partial charge in [-0.2, -0.15) is 0 Å². The van der Waals surface area contributed by atoms with Gasteiger partial charge >= 0.3 is 6.09 Å². The smallest absolute Gasteiger partial charge is 0.410 e. The van der Waals surface area contributed by atoms with Crippen molar-refractivity contribution in [2.45, 2.75) is 51.9 Å². The number of likely N-dealkylation sites (tertiary alicyclic amines) is 1. The summed E-state index contributed by atoms with van der Waals surface area (Å²) in [6.45, 7) is 10.3. The summed E-state index contributed by atoms with van der Waals surface area (Å²) in [6, 6.07) is 8.03. The predicted molar refractivity (Wildman–Crippen MR) is 102 cm³/mol. The lowest BCUT2D eigenvalue weighted by Crippen LogP contribution is -2.51. The molecule has 2 fully saturated rings. The van der Waals surface area contributed by atoms with E-state index < -0.39 is 0 Å². The molecule has 3 atom stereocenters. The first-order valence-corrected chi connectivity index (χ1v) is 9.98. The molecule has 0 radical (unpaired) electrons. The summed E-state index contributed by atoms with van der Waals surface area (Å²) in [7, 11) is 0. The van der Waals surface area contributed by atoms with E-state index >= 15 is 0 Å². The Morgan fingerprint density at radius 3 is 2.63 bits per heavy atom. The van der Waals surface area contributed by atoms with Crippen LogP contribution in [0.5, 0.6) is 11.5 Å². The summed E-state index contributed by atoms with van der Waals surface area (Å²) in [5.74, 6) is 1.64. The van der Waals surface area contributed by atoms with Crippen molar-refractivity contribution in [3.8, 4) is 11.5 Å². The number of carbonyl (C=O) groups excluding carboxylic acids is 1. The zero-order chi connectivity index (χ0) is 19.0. The van der Waals surface area contributed by atoms with Crippen molar-refractivity contribution in [1.29, 1.82) is 0 Å². The first-order valence-electron chi connectivity index (χ1n) is 9.98. The highest BCUT2D eigenvalue weighted by Crippen LogP contribution is 2.33. The van der Waals surface area contributed by atoms with Crippen LogP contribution in [0.15, 0.2) is 24.3 Å². The van der Waals surface area contributed by atoms with Crippen LogP contribution in [-0.2, 0) is 4.74 Å². The first-order chi connectivity index (χ1) is 12.9. The van der Waals surface area contributed by atoms with E-state index in [1.165, 1.54) is 0 Å². The average Bonchev–Trinajstić information content (AvgIpc) is 3.04. The maximum absolute atomic E-state index is 12.4. The quantitative estimate of drug-likeness (QED) is 0.813. The number of piperidine rings is 1. The molecule has 3 heterocycles. The van der Waals surface area contributed by atoms with Gasteiger partial charge in [-0.1, -0.05) is 32.9 Å².